The molecule has 4 saturated carbocycles. The Morgan fingerprint density at radius 3 is 2.13 bits per heavy atom. The van der Waals surface area contributed by atoms with E-state index >= 15 is 0 Å². The van der Waals surface area contributed by atoms with E-state index < -0.39 is 0 Å². The summed E-state index contributed by atoms with van der Waals surface area (Å²) in [5.74, 6) is 4.89. The normalized spacial score (nSPS) is 47.3. The minimum absolute atomic E-state index is 0.600. The van der Waals surface area contributed by atoms with Crippen LogP contribution in [-0.2, 0) is 0 Å². The first kappa shape index (κ1) is 9.46. The minimum atomic E-state index is 0.600. The van der Waals surface area contributed by atoms with Crippen LogP contribution in [0.2, 0.25) is 0 Å². The highest BCUT2D eigenvalue weighted by atomic mass is 14.5. The van der Waals surface area contributed by atoms with Crippen molar-refractivity contribution in [2.24, 2.45) is 29.6 Å². The maximum Gasteiger partial charge on any atom is 0.0663 e. The Bertz CT molecular complexity index is 282. The average molecular weight is 201 g/mol. The molecule has 4 aliphatic rings. The molecule has 0 radical (unpaired) electrons. The molecular weight excluding hydrogens is 182 g/mol. The third kappa shape index (κ3) is 1.61. The lowest BCUT2D eigenvalue weighted by Gasteiger charge is -2.53. The van der Waals surface area contributed by atoms with Gasteiger partial charge in [-0.15, -0.1) is 0 Å². The summed E-state index contributed by atoms with van der Waals surface area (Å²) in [6.07, 6.45) is 12.5. The minimum Gasteiger partial charge on any atom is -0.198 e. The highest BCUT2D eigenvalue weighted by Crippen LogP contribution is 2.56. The van der Waals surface area contributed by atoms with E-state index in [2.05, 4.69) is 18.2 Å². The number of nitriles is 1. The molecule has 4 fully saturated rings. The topological polar surface area (TPSA) is 23.8 Å². The largest absolute Gasteiger partial charge is 0.198 e. The summed E-state index contributed by atoms with van der Waals surface area (Å²) in [4.78, 5) is 0. The van der Waals surface area contributed by atoms with Crippen molar-refractivity contribution in [3.63, 3.8) is 0 Å². The standard InChI is InChI=1S/C14H19N/c15-4-2-1-3-14-12-6-10-5-11(8-12)9-13(14)7-10/h1,3,10-14H,2,5-9H2/b3-1+. The predicted molar refractivity (Wildman–Crippen MR) is 59.9 cm³/mol. The maximum absolute atomic E-state index is 8.55. The van der Waals surface area contributed by atoms with E-state index in [4.69, 9.17) is 5.26 Å². The molecule has 0 aromatic heterocycles. The van der Waals surface area contributed by atoms with Crippen molar-refractivity contribution in [3.05, 3.63) is 12.2 Å². The van der Waals surface area contributed by atoms with Crippen LogP contribution in [0.25, 0.3) is 0 Å². The Balaban J connectivity index is 1.72. The molecule has 0 aromatic rings. The van der Waals surface area contributed by atoms with Gasteiger partial charge < -0.3 is 0 Å². The molecule has 80 valence electrons. The summed E-state index contributed by atoms with van der Waals surface area (Å²) in [6.45, 7) is 0. The van der Waals surface area contributed by atoms with Crippen LogP contribution in [0.5, 0.6) is 0 Å². The molecule has 4 bridgehead atoms. The first-order valence-electron chi connectivity index (χ1n) is 6.40. The Labute approximate surface area is 92.2 Å². The second-order valence-corrected chi connectivity index (χ2v) is 5.80. The molecule has 0 heterocycles. The molecule has 0 spiro atoms. The van der Waals surface area contributed by atoms with E-state index in [1.807, 2.05) is 0 Å². The summed E-state index contributed by atoms with van der Waals surface area (Å²) in [6, 6.07) is 2.20. The highest BCUT2D eigenvalue weighted by molar-refractivity contribution is 5.06. The van der Waals surface area contributed by atoms with Crippen molar-refractivity contribution >= 4 is 0 Å². The quantitative estimate of drug-likeness (QED) is 0.627. The molecule has 4 rings (SSSR count). The number of hydrogen-bond donors (Lipinski definition) is 0. The summed E-state index contributed by atoms with van der Waals surface area (Å²) >= 11 is 0. The number of allylic oxidation sites excluding steroid dienone is 2. The predicted octanol–water partition coefficient (Wildman–Crippen LogP) is 3.53. The lowest BCUT2D eigenvalue weighted by atomic mass is 9.52. The fourth-order valence-corrected chi connectivity index (χ4v) is 4.56. The third-order valence-corrected chi connectivity index (χ3v) is 4.87. The van der Waals surface area contributed by atoms with Gasteiger partial charge >= 0.3 is 0 Å². The number of hydrogen-bond acceptors (Lipinski definition) is 1. The van der Waals surface area contributed by atoms with Crippen LogP contribution in [0.1, 0.15) is 38.5 Å². The van der Waals surface area contributed by atoms with Crippen LogP contribution in [0, 0.1) is 40.9 Å². The highest BCUT2D eigenvalue weighted by Gasteiger charge is 2.46. The molecule has 0 N–H and O–H groups in total. The second kappa shape index (κ2) is 3.67. The van der Waals surface area contributed by atoms with Gasteiger partial charge in [0.15, 0.2) is 0 Å². The molecule has 1 nitrogen and oxygen atoms in total. The van der Waals surface area contributed by atoms with Crippen LogP contribution < -0.4 is 0 Å². The fraction of sp³-hybridized carbons (Fsp3) is 0.786. The molecule has 0 aliphatic heterocycles. The van der Waals surface area contributed by atoms with Gasteiger partial charge in [-0.25, -0.2) is 0 Å². The summed E-state index contributed by atoms with van der Waals surface area (Å²) in [5.41, 5.74) is 0. The Morgan fingerprint density at radius 2 is 1.60 bits per heavy atom. The first-order chi connectivity index (χ1) is 7.36. The average Bonchev–Trinajstić information content (AvgIpc) is 2.21. The van der Waals surface area contributed by atoms with Crippen molar-refractivity contribution in [2.45, 2.75) is 38.5 Å². The number of nitrogens with zero attached hydrogens (tertiary/aromatic N) is 1. The van der Waals surface area contributed by atoms with Crippen molar-refractivity contribution in [1.82, 2.24) is 0 Å². The van der Waals surface area contributed by atoms with Gasteiger partial charge in [-0.1, -0.05) is 12.2 Å². The summed E-state index contributed by atoms with van der Waals surface area (Å²) in [5, 5.41) is 8.55. The van der Waals surface area contributed by atoms with E-state index in [1.165, 1.54) is 32.1 Å². The van der Waals surface area contributed by atoms with Crippen molar-refractivity contribution in [2.75, 3.05) is 0 Å². The van der Waals surface area contributed by atoms with Gasteiger partial charge in [0.25, 0.3) is 0 Å². The van der Waals surface area contributed by atoms with Crippen molar-refractivity contribution in [3.8, 4) is 6.07 Å². The molecule has 0 saturated heterocycles. The fourth-order valence-electron chi connectivity index (χ4n) is 4.56. The zero-order valence-electron chi connectivity index (χ0n) is 9.23. The maximum atomic E-state index is 8.55. The van der Waals surface area contributed by atoms with Crippen molar-refractivity contribution in [1.29, 1.82) is 5.26 Å². The van der Waals surface area contributed by atoms with E-state index in [0.29, 0.717) is 6.42 Å². The zero-order chi connectivity index (χ0) is 10.3. The van der Waals surface area contributed by atoms with E-state index in [0.717, 1.165) is 29.6 Å². The molecule has 15 heavy (non-hydrogen) atoms. The Kier molecular flexibility index (Phi) is 2.31. The molecule has 4 aliphatic carbocycles. The van der Waals surface area contributed by atoms with Crippen molar-refractivity contribution < 1.29 is 0 Å². The smallest absolute Gasteiger partial charge is 0.0663 e. The second-order valence-electron chi connectivity index (χ2n) is 5.80. The lowest BCUT2D eigenvalue weighted by molar-refractivity contribution is -0.0162. The van der Waals surface area contributed by atoms with Gasteiger partial charge in [0.1, 0.15) is 0 Å². The van der Waals surface area contributed by atoms with Gasteiger partial charge in [-0.05, 0) is 61.7 Å². The SMILES string of the molecule is N#CC/C=C/C1C2CC3CC(C2)CC1C3. The van der Waals surface area contributed by atoms with E-state index in [-0.39, 0.29) is 0 Å². The van der Waals surface area contributed by atoms with Crippen LogP contribution in [0.3, 0.4) is 0 Å². The number of rotatable bonds is 2. The Morgan fingerprint density at radius 1 is 1.00 bits per heavy atom. The van der Waals surface area contributed by atoms with Crippen LogP contribution in [-0.4, -0.2) is 0 Å². The monoisotopic (exact) mass is 201 g/mol. The van der Waals surface area contributed by atoms with Crippen LogP contribution in [0.4, 0.5) is 0 Å². The third-order valence-electron chi connectivity index (χ3n) is 4.87. The zero-order valence-corrected chi connectivity index (χ0v) is 9.23. The van der Waals surface area contributed by atoms with Crippen LogP contribution >= 0.6 is 0 Å². The lowest BCUT2D eigenvalue weighted by Crippen LogP contribution is -2.44. The molecule has 1 heteroatoms. The van der Waals surface area contributed by atoms with Gasteiger partial charge in [-0.2, -0.15) is 5.26 Å². The molecular formula is C14H19N. The van der Waals surface area contributed by atoms with Gasteiger partial charge in [0.2, 0.25) is 0 Å². The molecule has 0 atom stereocenters. The van der Waals surface area contributed by atoms with E-state index in [1.54, 1.807) is 0 Å². The summed E-state index contributed by atoms with van der Waals surface area (Å²) < 4.78 is 0. The summed E-state index contributed by atoms with van der Waals surface area (Å²) in [7, 11) is 0. The van der Waals surface area contributed by atoms with E-state index in [9.17, 15) is 0 Å². The van der Waals surface area contributed by atoms with Crippen LogP contribution in [0.15, 0.2) is 12.2 Å². The molecule has 0 amide bonds. The molecule has 0 unspecified atom stereocenters. The van der Waals surface area contributed by atoms with Gasteiger partial charge in [-0.3, -0.25) is 0 Å². The van der Waals surface area contributed by atoms with Gasteiger partial charge in [0.05, 0.1) is 12.5 Å². The molecule has 0 aromatic carbocycles. The first-order valence-corrected chi connectivity index (χ1v) is 6.40. The van der Waals surface area contributed by atoms with Gasteiger partial charge in [0, 0.05) is 0 Å². The Hall–Kier alpha value is -0.770.